The largest absolute Gasteiger partial charge is 0.388 e. The van der Waals surface area contributed by atoms with Crippen molar-refractivity contribution in [2.24, 2.45) is 0 Å². The van der Waals surface area contributed by atoms with Crippen molar-refractivity contribution in [2.45, 2.75) is 51.4 Å². The maximum absolute atomic E-state index is 9.74. The Balaban J connectivity index is 3.84. The Kier molecular flexibility index (Phi) is 6.29. The van der Waals surface area contributed by atoms with Gasteiger partial charge in [0, 0.05) is 14.2 Å². The number of ether oxygens (including phenoxy) is 2. The minimum atomic E-state index is -0.853. The van der Waals surface area contributed by atoms with Crippen LogP contribution >= 0.6 is 0 Å². The number of hydrogen-bond acceptors (Lipinski definition) is 3. The molecule has 1 atom stereocenters. The first-order valence-electron chi connectivity index (χ1n) is 4.89. The number of unbranched alkanes of at least 4 members (excludes halogenated alkanes) is 2. The summed E-state index contributed by atoms with van der Waals surface area (Å²) in [6.45, 7) is 3.89. The van der Waals surface area contributed by atoms with Crippen LogP contribution in [0.3, 0.4) is 0 Å². The zero-order valence-corrected chi connectivity index (χ0v) is 9.17. The Morgan fingerprint density at radius 3 is 2.15 bits per heavy atom. The zero-order chi connectivity index (χ0) is 10.3. The predicted molar refractivity (Wildman–Crippen MR) is 52.6 cm³/mol. The summed E-state index contributed by atoms with van der Waals surface area (Å²) in [6, 6.07) is 0. The van der Waals surface area contributed by atoms with Crippen molar-refractivity contribution in [3.05, 3.63) is 0 Å². The first kappa shape index (κ1) is 12.9. The molecule has 1 N–H and O–H groups in total. The molecule has 0 bridgehead atoms. The van der Waals surface area contributed by atoms with Crippen molar-refractivity contribution in [2.75, 3.05) is 14.2 Å². The molecule has 80 valence electrons. The number of aliphatic hydroxyl groups is 1. The zero-order valence-electron chi connectivity index (χ0n) is 9.17. The second-order valence-electron chi connectivity index (χ2n) is 3.44. The monoisotopic (exact) mass is 190 g/mol. The van der Waals surface area contributed by atoms with Gasteiger partial charge in [-0.2, -0.15) is 0 Å². The Bertz CT molecular complexity index is 121. The van der Waals surface area contributed by atoms with Crippen LogP contribution in [-0.4, -0.2) is 31.2 Å². The lowest BCUT2D eigenvalue weighted by molar-refractivity contribution is -0.248. The lowest BCUT2D eigenvalue weighted by Gasteiger charge is -2.31. The van der Waals surface area contributed by atoms with E-state index in [9.17, 15) is 5.11 Å². The highest BCUT2D eigenvalue weighted by Crippen LogP contribution is 2.20. The SMILES string of the molecule is CCCCCC(O)C(C)(OC)OC. The summed E-state index contributed by atoms with van der Waals surface area (Å²) >= 11 is 0. The Morgan fingerprint density at radius 2 is 1.77 bits per heavy atom. The van der Waals surface area contributed by atoms with E-state index in [-0.39, 0.29) is 0 Å². The lowest BCUT2D eigenvalue weighted by Crippen LogP contribution is -2.43. The molecule has 0 aromatic rings. The average molecular weight is 190 g/mol. The quantitative estimate of drug-likeness (QED) is 0.492. The third-order valence-corrected chi connectivity index (χ3v) is 2.50. The lowest BCUT2D eigenvalue weighted by atomic mass is 10.0. The fourth-order valence-electron chi connectivity index (χ4n) is 1.21. The molecule has 3 heteroatoms. The molecule has 0 spiro atoms. The molecule has 0 amide bonds. The van der Waals surface area contributed by atoms with Crippen LogP contribution in [0.25, 0.3) is 0 Å². The molecule has 0 saturated heterocycles. The van der Waals surface area contributed by atoms with Crippen LogP contribution in [0.1, 0.15) is 39.5 Å². The molecule has 0 rings (SSSR count). The van der Waals surface area contributed by atoms with Crippen LogP contribution in [0.4, 0.5) is 0 Å². The fourth-order valence-corrected chi connectivity index (χ4v) is 1.21. The normalized spacial score (nSPS) is 14.5. The first-order chi connectivity index (χ1) is 6.10. The molecule has 0 fully saturated rings. The van der Waals surface area contributed by atoms with Crippen molar-refractivity contribution < 1.29 is 14.6 Å². The highest BCUT2D eigenvalue weighted by Gasteiger charge is 2.31. The Labute approximate surface area is 81.0 Å². The van der Waals surface area contributed by atoms with Crippen molar-refractivity contribution in [1.29, 1.82) is 0 Å². The van der Waals surface area contributed by atoms with Crippen LogP contribution in [0.2, 0.25) is 0 Å². The smallest absolute Gasteiger partial charge is 0.190 e. The van der Waals surface area contributed by atoms with E-state index in [2.05, 4.69) is 6.92 Å². The summed E-state index contributed by atoms with van der Waals surface area (Å²) in [7, 11) is 3.10. The molecular weight excluding hydrogens is 168 g/mol. The first-order valence-corrected chi connectivity index (χ1v) is 4.89. The average Bonchev–Trinajstić information content (AvgIpc) is 2.17. The summed E-state index contributed by atoms with van der Waals surface area (Å²) in [5.41, 5.74) is 0. The third-order valence-electron chi connectivity index (χ3n) is 2.50. The second-order valence-corrected chi connectivity index (χ2v) is 3.44. The molecule has 3 nitrogen and oxygen atoms in total. The van der Waals surface area contributed by atoms with Crippen LogP contribution in [0, 0.1) is 0 Å². The number of rotatable bonds is 7. The van der Waals surface area contributed by atoms with Gasteiger partial charge in [0.15, 0.2) is 5.79 Å². The summed E-state index contributed by atoms with van der Waals surface area (Å²) in [4.78, 5) is 0. The molecule has 0 saturated carbocycles. The molecule has 0 radical (unpaired) electrons. The standard InChI is InChI=1S/C10H22O3/c1-5-6-7-8-9(11)10(2,12-3)13-4/h9,11H,5-8H2,1-4H3. The van der Waals surface area contributed by atoms with Crippen LogP contribution < -0.4 is 0 Å². The van der Waals surface area contributed by atoms with Crippen LogP contribution in [0.5, 0.6) is 0 Å². The number of methoxy groups -OCH3 is 2. The summed E-state index contributed by atoms with van der Waals surface area (Å²) < 4.78 is 10.2. The van der Waals surface area contributed by atoms with E-state index in [0.29, 0.717) is 0 Å². The van der Waals surface area contributed by atoms with E-state index < -0.39 is 11.9 Å². The Morgan fingerprint density at radius 1 is 1.23 bits per heavy atom. The van der Waals surface area contributed by atoms with Crippen molar-refractivity contribution >= 4 is 0 Å². The van der Waals surface area contributed by atoms with Gasteiger partial charge in [-0.25, -0.2) is 0 Å². The predicted octanol–water partition coefficient (Wildman–Crippen LogP) is 1.94. The van der Waals surface area contributed by atoms with Gasteiger partial charge in [-0.3, -0.25) is 0 Å². The minimum Gasteiger partial charge on any atom is -0.388 e. The minimum absolute atomic E-state index is 0.547. The van der Waals surface area contributed by atoms with Gasteiger partial charge < -0.3 is 14.6 Å². The highest BCUT2D eigenvalue weighted by molar-refractivity contribution is 4.73. The van der Waals surface area contributed by atoms with E-state index in [0.717, 1.165) is 25.7 Å². The topological polar surface area (TPSA) is 38.7 Å². The second kappa shape index (κ2) is 6.35. The van der Waals surface area contributed by atoms with Gasteiger partial charge in [0.2, 0.25) is 0 Å². The third kappa shape index (κ3) is 4.07. The maximum atomic E-state index is 9.74. The van der Waals surface area contributed by atoms with Crippen LogP contribution in [0.15, 0.2) is 0 Å². The van der Waals surface area contributed by atoms with E-state index in [1.807, 2.05) is 0 Å². The van der Waals surface area contributed by atoms with E-state index in [1.165, 1.54) is 0 Å². The van der Waals surface area contributed by atoms with E-state index >= 15 is 0 Å². The molecule has 13 heavy (non-hydrogen) atoms. The van der Waals surface area contributed by atoms with Gasteiger partial charge in [0.05, 0.1) is 0 Å². The maximum Gasteiger partial charge on any atom is 0.190 e. The van der Waals surface area contributed by atoms with Gasteiger partial charge in [0.1, 0.15) is 6.10 Å². The van der Waals surface area contributed by atoms with Gasteiger partial charge in [0.25, 0.3) is 0 Å². The molecular formula is C10H22O3. The van der Waals surface area contributed by atoms with Crippen LogP contribution in [-0.2, 0) is 9.47 Å². The molecule has 0 aromatic heterocycles. The van der Waals surface area contributed by atoms with Crippen molar-refractivity contribution in [3.63, 3.8) is 0 Å². The molecule has 0 heterocycles. The molecule has 0 aliphatic heterocycles. The number of hydrogen-bond donors (Lipinski definition) is 1. The van der Waals surface area contributed by atoms with Crippen molar-refractivity contribution in [1.82, 2.24) is 0 Å². The molecule has 0 aliphatic rings. The van der Waals surface area contributed by atoms with E-state index in [1.54, 1.807) is 21.1 Å². The van der Waals surface area contributed by atoms with Crippen molar-refractivity contribution in [3.8, 4) is 0 Å². The number of aliphatic hydroxyl groups excluding tert-OH is 1. The fraction of sp³-hybridized carbons (Fsp3) is 1.00. The molecule has 1 unspecified atom stereocenters. The molecule has 0 aromatic carbocycles. The van der Waals surface area contributed by atoms with E-state index in [4.69, 9.17) is 9.47 Å². The summed E-state index contributed by atoms with van der Waals surface area (Å²) in [5, 5.41) is 9.74. The Hall–Kier alpha value is -0.120. The molecule has 0 aliphatic carbocycles. The summed E-state index contributed by atoms with van der Waals surface area (Å²) in [6.07, 6.45) is 3.49. The summed E-state index contributed by atoms with van der Waals surface area (Å²) in [5.74, 6) is -0.853. The van der Waals surface area contributed by atoms with Gasteiger partial charge in [-0.15, -0.1) is 0 Å². The van der Waals surface area contributed by atoms with Gasteiger partial charge in [-0.05, 0) is 13.3 Å². The highest BCUT2D eigenvalue weighted by atomic mass is 16.7. The van der Waals surface area contributed by atoms with Gasteiger partial charge in [-0.1, -0.05) is 26.2 Å². The van der Waals surface area contributed by atoms with Gasteiger partial charge >= 0.3 is 0 Å².